The van der Waals surface area contributed by atoms with Gasteiger partial charge < -0.3 is 14.8 Å². The summed E-state index contributed by atoms with van der Waals surface area (Å²) in [6.45, 7) is 2.73. The number of aromatic amines is 1. The van der Waals surface area contributed by atoms with Gasteiger partial charge in [0.25, 0.3) is 0 Å². The summed E-state index contributed by atoms with van der Waals surface area (Å²) in [5.41, 5.74) is 5.49. The van der Waals surface area contributed by atoms with E-state index in [4.69, 9.17) is 9.47 Å². The molecule has 0 saturated carbocycles. The van der Waals surface area contributed by atoms with E-state index in [9.17, 15) is 4.79 Å². The maximum Gasteiger partial charge on any atom is 0.337 e. The zero-order valence-electron chi connectivity index (χ0n) is 15.4. The molecule has 2 aliphatic heterocycles. The van der Waals surface area contributed by atoms with E-state index in [-0.39, 0.29) is 18.5 Å². The standard InChI is InChI=1S/C22H19N3O3/c1-13-18-19(20-17(12-28-22(20)26)23-21(18)25-24-13)15-7-9-16(10-8-15)27-11-14-5-3-2-4-6-14/h2-10,19H,11-12H2,1H3,(H2,23,24,25)/t19-/m0/s1. The number of nitrogens with one attached hydrogen (secondary N) is 2. The molecule has 3 heterocycles. The molecule has 0 unspecified atom stereocenters. The van der Waals surface area contributed by atoms with Crippen LogP contribution >= 0.6 is 0 Å². The van der Waals surface area contributed by atoms with E-state index in [1.807, 2.05) is 61.5 Å². The zero-order chi connectivity index (χ0) is 19.1. The molecule has 2 aromatic carbocycles. The van der Waals surface area contributed by atoms with Crippen LogP contribution in [0.25, 0.3) is 0 Å². The van der Waals surface area contributed by atoms with Crippen molar-refractivity contribution in [3.8, 4) is 5.75 Å². The Labute approximate surface area is 162 Å². The molecular formula is C22H19N3O3. The van der Waals surface area contributed by atoms with E-state index in [0.29, 0.717) is 12.2 Å². The van der Waals surface area contributed by atoms with Crippen LogP contribution in [0.2, 0.25) is 0 Å². The van der Waals surface area contributed by atoms with Crippen LogP contribution in [0.5, 0.6) is 5.75 Å². The Bertz CT molecular complexity index is 1070. The second kappa shape index (κ2) is 6.56. The summed E-state index contributed by atoms with van der Waals surface area (Å²) in [7, 11) is 0. The molecule has 0 spiro atoms. The molecule has 0 amide bonds. The summed E-state index contributed by atoms with van der Waals surface area (Å²) < 4.78 is 11.2. The molecule has 6 nitrogen and oxygen atoms in total. The van der Waals surface area contributed by atoms with Crippen molar-refractivity contribution in [1.29, 1.82) is 0 Å². The molecule has 0 aliphatic carbocycles. The Morgan fingerprint density at radius 1 is 1.14 bits per heavy atom. The summed E-state index contributed by atoms with van der Waals surface area (Å²) in [5.74, 6) is 1.06. The summed E-state index contributed by atoms with van der Waals surface area (Å²) in [6, 6.07) is 17.9. The number of carbonyl (C=O) groups is 1. The van der Waals surface area contributed by atoms with Gasteiger partial charge in [-0.1, -0.05) is 42.5 Å². The summed E-state index contributed by atoms with van der Waals surface area (Å²) in [5, 5.41) is 10.6. The minimum atomic E-state index is -0.275. The first-order chi connectivity index (χ1) is 13.7. The average Bonchev–Trinajstić information content (AvgIpc) is 3.29. The highest BCUT2D eigenvalue weighted by Crippen LogP contribution is 2.44. The predicted molar refractivity (Wildman–Crippen MR) is 104 cm³/mol. The van der Waals surface area contributed by atoms with Crippen molar-refractivity contribution < 1.29 is 14.3 Å². The number of fused-ring (bicyclic) bond motifs is 1. The number of nitrogens with zero attached hydrogens (tertiary/aromatic N) is 1. The molecule has 1 atom stereocenters. The highest BCUT2D eigenvalue weighted by atomic mass is 16.5. The number of hydrogen-bond donors (Lipinski definition) is 2. The fourth-order valence-electron chi connectivity index (χ4n) is 3.82. The quantitative estimate of drug-likeness (QED) is 0.683. The SMILES string of the molecule is Cc1[nH]nc2c1[C@H](c1ccc(OCc3ccccc3)cc1)C1=C(COC1=O)N2. The number of esters is 1. The van der Waals surface area contributed by atoms with E-state index in [2.05, 4.69) is 15.5 Å². The molecule has 0 bridgehead atoms. The van der Waals surface area contributed by atoms with Crippen molar-refractivity contribution in [2.75, 3.05) is 11.9 Å². The van der Waals surface area contributed by atoms with Gasteiger partial charge in [0.1, 0.15) is 19.0 Å². The van der Waals surface area contributed by atoms with E-state index >= 15 is 0 Å². The highest BCUT2D eigenvalue weighted by Gasteiger charge is 2.40. The van der Waals surface area contributed by atoms with Crippen LogP contribution in [-0.4, -0.2) is 22.8 Å². The average molecular weight is 373 g/mol. The van der Waals surface area contributed by atoms with Crippen LogP contribution in [0, 0.1) is 6.92 Å². The van der Waals surface area contributed by atoms with E-state index in [0.717, 1.165) is 39.6 Å². The van der Waals surface area contributed by atoms with Crippen LogP contribution < -0.4 is 10.1 Å². The largest absolute Gasteiger partial charge is 0.489 e. The Morgan fingerprint density at radius 2 is 1.93 bits per heavy atom. The van der Waals surface area contributed by atoms with Crippen molar-refractivity contribution in [2.24, 2.45) is 0 Å². The number of benzene rings is 2. The second-order valence-corrected chi connectivity index (χ2v) is 6.98. The van der Waals surface area contributed by atoms with Gasteiger partial charge in [0.2, 0.25) is 0 Å². The number of anilines is 1. The predicted octanol–water partition coefficient (Wildman–Crippen LogP) is 3.67. The molecule has 140 valence electrons. The molecule has 5 rings (SSSR count). The lowest BCUT2D eigenvalue weighted by atomic mass is 9.82. The minimum absolute atomic E-state index is 0.205. The topological polar surface area (TPSA) is 76.2 Å². The maximum absolute atomic E-state index is 12.4. The Kier molecular flexibility index (Phi) is 3.90. The van der Waals surface area contributed by atoms with Crippen LogP contribution in [0.4, 0.5) is 5.82 Å². The number of H-pyrrole nitrogens is 1. The van der Waals surface area contributed by atoms with Gasteiger partial charge in [-0.2, -0.15) is 5.10 Å². The third-order valence-corrected chi connectivity index (χ3v) is 5.20. The minimum Gasteiger partial charge on any atom is -0.489 e. The van der Waals surface area contributed by atoms with E-state index in [1.54, 1.807) is 0 Å². The van der Waals surface area contributed by atoms with Crippen LogP contribution in [0.15, 0.2) is 65.9 Å². The number of aromatic nitrogens is 2. The molecule has 2 aliphatic rings. The van der Waals surface area contributed by atoms with Gasteiger partial charge >= 0.3 is 5.97 Å². The fourth-order valence-corrected chi connectivity index (χ4v) is 3.82. The molecule has 0 radical (unpaired) electrons. The van der Waals surface area contributed by atoms with Crippen LogP contribution in [-0.2, 0) is 16.1 Å². The molecule has 3 aromatic rings. The first kappa shape index (κ1) is 16.6. The Balaban J connectivity index is 1.45. The van der Waals surface area contributed by atoms with Gasteiger partial charge in [0.15, 0.2) is 5.82 Å². The summed E-state index contributed by atoms with van der Waals surface area (Å²) in [4.78, 5) is 12.4. The lowest BCUT2D eigenvalue weighted by Crippen LogP contribution is -2.19. The molecule has 1 aromatic heterocycles. The van der Waals surface area contributed by atoms with Gasteiger partial charge in [-0.3, -0.25) is 5.10 Å². The first-order valence-corrected chi connectivity index (χ1v) is 9.19. The Morgan fingerprint density at radius 3 is 2.71 bits per heavy atom. The monoisotopic (exact) mass is 373 g/mol. The number of ether oxygens (including phenoxy) is 2. The highest BCUT2D eigenvalue weighted by molar-refractivity contribution is 5.97. The Hall–Kier alpha value is -3.54. The molecule has 0 saturated heterocycles. The zero-order valence-corrected chi connectivity index (χ0v) is 15.4. The number of cyclic esters (lactones) is 1. The number of rotatable bonds is 4. The van der Waals surface area contributed by atoms with Gasteiger partial charge in [0.05, 0.1) is 11.3 Å². The second-order valence-electron chi connectivity index (χ2n) is 6.98. The van der Waals surface area contributed by atoms with Gasteiger partial charge in [-0.25, -0.2) is 4.79 Å². The van der Waals surface area contributed by atoms with Gasteiger partial charge in [0, 0.05) is 17.2 Å². The molecule has 0 fully saturated rings. The third kappa shape index (κ3) is 2.74. The lowest BCUT2D eigenvalue weighted by molar-refractivity contribution is -0.136. The molecular weight excluding hydrogens is 354 g/mol. The summed E-state index contributed by atoms with van der Waals surface area (Å²) in [6.07, 6.45) is 0. The van der Waals surface area contributed by atoms with Crippen molar-refractivity contribution in [3.63, 3.8) is 0 Å². The lowest BCUT2D eigenvalue weighted by Gasteiger charge is -2.24. The number of carbonyl (C=O) groups excluding carboxylic acids is 1. The van der Waals surface area contributed by atoms with Crippen LogP contribution in [0.3, 0.4) is 0 Å². The van der Waals surface area contributed by atoms with Crippen molar-refractivity contribution in [1.82, 2.24) is 10.2 Å². The summed E-state index contributed by atoms with van der Waals surface area (Å²) >= 11 is 0. The smallest absolute Gasteiger partial charge is 0.337 e. The van der Waals surface area contributed by atoms with Crippen molar-refractivity contribution >= 4 is 11.8 Å². The number of aryl methyl sites for hydroxylation is 1. The fraction of sp³-hybridized carbons (Fsp3) is 0.182. The first-order valence-electron chi connectivity index (χ1n) is 9.19. The van der Waals surface area contributed by atoms with Crippen molar-refractivity contribution in [3.05, 3.63) is 88.3 Å². The normalized spacial score (nSPS) is 17.6. The third-order valence-electron chi connectivity index (χ3n) is 5.20. The molecule has 2 N–H and O–H groups in total. The molecule has 6 heteroatoms. The van der Waals surface area contributed by atoms with Crippen LogP contribution in [0.1, 0.15) is 28.3 Å². The maximum atomic E-state index is 12.4. The van der Waals surface area contributed by atoms with Gasteiger partial charge in [-0.05, 0) is 30.2 Å². The molecule has 28 heavy (non-hydrogen) atoms. The van der Waals surface area contributed by atoms with Gasteiger partial charge in [-0.15, -0.1) is 0 Å². The van der Waals surface area contributed by atoms with Crippen molar-refractivity contribution in [2.45, 2.75) is 19.4 Å². The van der Waals surface area contributed by atoms with E-state index < -0.39 is 0 Å². The van der Waals surface area contributed by atoms with E-state index in [1.165, 1.54) is 0 Å². The number of hydrogen-bond acceptors (Lipinski definition) is 5.